The van der Waals surface area contributed by atoms with Gasteiger partial charge in [0, 0.05) is 30.9 Å². The Labute approximate surface area is 246 Å². The predicted molar refractivity (Wildman–Crippen MR) is 164 cm³/mol. The zero-order valence-corrected chi connectivity index (χ0v) is 27.1. The minimum absolute atomic E-state index is 0.00925. The smallest absolute Gasteiger partial charge is 0.247 e. The molecule has 0 radical (unpaired) electrons. The largest absolute Gasteiger partial charge is 0.394 e. The van der Waals surface area contributed by atoms with Crippen molar-refractivity contribution in [2.75, 3.05) is 26.7 Å². The molecule has 0 aliphatic carbocycles. The Hall–Kier alpha value is -1.80. The molecule has 1 N–H and O–H groups in total. The summed E-state index contributed by atoms with van der Waals surface area (Å²) in [5, 5.41) is 10.6. The monoisotopic (exact) mass is 575 g/mol. The summed E-state index contributed by atoms with van der Waals surface area (Å²) < 4.78 is -0.730. The highest BCUT2D eigenvalue weighted by atomic mass is 32.2. The van der Waals surface area contributed by atoms with E-state index in [2.05, 4.69) is 54.7 Å². The van der Waals surface area contributed by atoms with Crippen molar-refractivity contribution in [2.45, 2.75) is 102 Å². The standard InChI is InChI=1S/C32H53N3O4S/c1-12-15-33(11)27(37)24-23-17-21(5)32(40-23)25(24)28(38)35(22(18-36)20(4)14-3)26(32)29(39)34(16-13-2)31(9,10)19-30(6,7)8/h12-13,20-26,36H,1-2,14-19H2,3-11H3/t20-,21?,22-,23-,24+,25-,26?,32?/m0/s1. The van der Waals surface area contributed by atoms with Crippen LogP contribution in [0.2, 0.25) is 0 Å². The summed E-state index contributed by atoms with van der Waals surface area (Å²) in [4.78, 5) is 48.7. The van der Waals surface area contributed by atoms with Crippen LogP contribution >= 0.6 is 11.8 Å². The number of hydrogen-bond acceptors (Lipinski definition) is 5. The second kappa shape index (κ2) is 11.8. The van der Waals surface area contributed by atoms with Gasteiger partial charge < -0.3 is 19.8 Å². The van der Waals surface area contributed by atoms with Crippen molar-refractivity contribution in [2.24, 2.45) is 29.1 Å². The lowest BCUT2D eigenvalue weighted by molar-refractivity contribution is -0.150. The summed E-state index contributed by atoms with van der Waals surface area (Å²) in [5.41, 5.74) is -0.525. The zero-order chi connectivity index (χ0) is 30.4. The van der Waals surface area contributed by atoms with E-state index >= 15 is 4.79 Å². The molecule has 0 saturated carbocycles. The van der Waals surface area contributed by atoms with Gasteiger partial charge in [0.25, 0.3) is 0 Å². The number of aliphatic hydroxyl groups excluding tert-OH is 1. The number of thioether (sulfide) groups is 1. The van der Waals surface area contributed by atoms with Gasteiger partial charge in [0.15, 0.2) is 0 Å². The van der Waals surface area contributed by atoms with Gasteiger partial charge in [-0.3, -0.25) is 14.4 Å². The first-order valence-electron chi connectivity index (χ1n) is 14.9. The molecular weight excluding hydrogens is 522 g/mol. The molecule has 3 aliphatic heterocycles. The number of nitrogens with zero attached hydrogens (tertiary/aromatic N) is 3. The third-order valence-corrected chi connectivity index (χ3v) is 11.7. The van der Waals surface area contributed by atoms with Crippen LogP contribution < -0.4 is 0 Å². The summed E-state index contributed by atoms with van der Waals surface area (Å²) in [6, 6.07) is -1.26. The lowest BCUT2D eigenvalue weighted by atomic mass is 9.65. The molecule has 0 aromatic carbocycles. The number of likely N-dealkylation sites (N-methyl/N-ethyl adjacent to an activating group) is 1. The highest BCUT2D eigenvalue weighted by Crippen LogP contribution is 2.69. The Morgan fingerprint density at radius 2 is 1.77 bits per heavy atom. The molecule has 0 aromatic rings. The van der Waals surface area contributed by atoms with Crippen molar-refractivity contribution in [3.63, 3.8) is 0 Å². The molecule has 3 amide bonds. The molecule has 0 aromatic heterocycles. The highest BCUT2D eigenvalue weighted by molar-refractivity contribution is 8.02. The first-order valence-corrected chi connectivity index (χ1v) is 15.8. The van der Waals surface area contributed by atoms with E-state index in [4.69, 9.17) is 0 Å². The molecule has 3 rings (SSSR count). The second-order valence-electron chi connectivity index (χ2n) is 14.2. The minimum Gasteiger partial charge on any atom is -0.394 e. The van der Waals surface area contributed by atoms with Gasteiger partial charge in [0.05, 0.1) is 29.2 Å². The number of rotatable bonds is 12. The normalized spacial score (nSPS) is 31.1. The van der Waals surface area contributed by atoms with Crippen molar-refractivity contribution < 1.29 is 19.5 Å². The van der Waals surface area contributed by atoms with Gasteiger partial charge >= 0.3 is 0 Å². The molecule has 3 unspecified atom stereocenters. The topological polar surface area (TPSA) is 81.2 Å². The number of aliphatic hydroxyl groups is 1. The fraction of sp³-hybridized carbons (Fsp3) is 0.781. The third kappa shape index (κ3) is 5.39. The van der Waals surface area contributed by atoms with E-state index in [1.165, 1.54) is 0 Å². The minimum atomic E-state index is -0.761. The van der Waals surface area contributed by atoms with E-state index in [0.29, 0.717) is 13.1 Å². The number of amides is 3. The highest BCUT2D eigenvalue weighted by Gasteiger charge is 2.77. The Kier molecular flexibility index (Phi) is 9.67. The maximum atomic E-state index is 15.0. The quantitative estimate of drug-likeness (QED) is 0.344. The maximum absolute atomic E-state index is 15.0. The molecule has 40 heavy (non-hydrogen) atoms. The van der Waals surface area contributed by atoms with E-state index < -0.39 is 34.2 Å². The fourth-order valence-corrected chi connectivity index (χ4v) is 10.4. The van der Waals surface area contributed by atoms with Gasteiger partial charge in [-0.05, 0) is 43.9 Å². The third-order valence-electron chi connectivity index (χ3n) is 9.60. The number of carbonyl (C=O) groups excluding carboxylic acids is 3. The summed E-state index contributed by atoms with van der Waals surface area (Å²) >= 11 is 1.69. The van der Waals surface area contributed by atoms with Gasteiger partial charge in [-0.25, -0.2) is 0 Å². The van der Waals surface area contributed by atoms with Gasteiger partial charge in [0.2, 0.25) is 17.7 Å². The second-order valence-corrected chi connectivity index (χ2v) is 15.8. The molecule has 226 valence electrons. The Bertz CT molecular complexity index is 1010. The van der Waals surface area contributed by atoms with E-state index in [9.17, 15) is 14.7 Å². The van der Waals surface area contributed by atoms with Crippen LogP contribution in [0.25, 0.3) is 0 Å². The van der Waals surface area contributed by atoms with Crippen LogP contribution in [-0.2, 0) is 14.4 Å². The molecule has 3 fully saturated rings. The van der Waals surface area contributed by atoms with E-state index in [1.807, 2.05) is 18.7 Å². The fourth-order valence-electron chi connectivity index (χ4n) is 8.04. The average molecular weight is 576 g/mol. The molecule has 3 saturated heterocycles. The first kappa shape index (κ1) is 32.7. The van der Waals surface area contributed by atoms with Crippen LogP contribution in [0, 0.1) is 29.1 Å². The van der Waals surface area contributed by atoms with Crippen molar-refractivity contribution in [3.8, 4) is 0 Å². The van der Waals surface area contributed by atoms with Crippen molar-refractivity contribution >= 4 is 29.5 Å². The summed E-state index contributed by atoms with van der Waals surface area (Å²) in [6.45, 7) is 25.2. The Morgan fingerprint density at radius 1 is 1.18 bits per heavy atom. The van der Waals surface area contributed by atoms with Crippen LogP contribution in [0.4, 0.5) is 0 Å². The van der Waals surface area contributed by atoms with Gasteiger partial charge in [-0.1, -0.05) is 60.1 Å². The summed E-state index contributed by atoms with van der Waals surface area (Å²) in [5.74, 6) is -1.35. The predicted octanol–water partition coefficient (Wildman–Crippen LogP) is 4.60. The van der Waals surface area contributed by atoms with Crippen molar-refractivity contribution in [1.82, 2.24) is 14.7 Å². The van der Waals surface area contributed by atoms with Crippen LogP contribution in [0.3, 0.4) is 0 Å². The first-order chi connectivity index (χ1) is 18.5. The number of fused-ring (bicyclic) bond motifs is 1. The molecule has 8 heteroatoms. The molecule has 2 bridgehead atoms. The molecule has 7 nitrogen and oxygen atoms in total. The SMILES string of the molecule is C=CCN(C)C(=O)[C@@H]1[C@@H]2CC(C)C3(S2)C(C(=O)N(CC=C)C(C)(C)CC(C)(C)C)N([C@@H](CO)[C@@H](C)CC)C(=O)[C@H]13. The summed E-state index contributed by atoms with van der Waals surface area (Å²) in [6.07, 6.45) is 5.76. The van der Waals surface area contributed by atoms with Gasteiger partial charge in [-0.15, -0.1) is 24.9 Å². The van der Waals surface area contributed by atoms with E-state index in [-0.39, 0.29) is 46.8 Å². The Morgan fingerprint density at radius 3 is 2.27 bits per heavy atom. The van der Waals surface area contributed by atoms with E-state index in [1.54, 1.807) is 40.8 Å². The lowest BCUT2D eigenvalue weighted by Crippen LogP contribution is -2.63. The Balaban J connectivity index is 2.22. The molecule has 1 spiro atoms. The molecule has 3 heterocycles. The maximum Gasteiger partial charge on any atom is 0.247 e. The number of carbonyl (C=O) groups is 3. The molecule has 8 atom stereocenters. The average Bonchev–Trinajstić information content (AvgIpc) is 3.44. The summed E-state index contributed by atoms with van der Waals surface area (Å²) in [7, 11) is 1.76. The van der Waals surface area contributed by atoms with Crippen LogP contribution in [0.15, 0.2) is 25.3 Å². The lowest BCUT2D eigenvalue weighted by Gasteiger charge is -2.48. The van der Waals surface area contributed by atoms with Crippen molar-refractivity contribution in [1.29, 1.82) is 0 Å². The number of hydrogen-bond donors (Lipinski definition) is 1. The zero-order valence-electron chi connectivity index (χ0n) is 26.3. The van der Waals surface area contributed by atoms with Gasteiger partial charge in [0.1, 0.15) is 6.04 Å². The van der Waals surface area contributed by atoms with Gasteiger partial charge in [-0.2, -0.15) is 0 Å². The van der Waals surface area contributed by atoms with Crippen LogP contribution in [0.5, 0.6) is 0 Å². The molecular formula is C32H53N3O4S. The van der Waals surface area contributed by atoms with Crippen LogP contribution in [-0.4, -0.2) is 91.9 Å². The van der Waals surface area contributed by atoms with E-state index in [0.717, 1.165) is 19.3 Å². The number of likely N-dealkylation sites (tertiary alicyclic amines) is 1. The van der Waals surface area contributed by atoms with Crippen LogP contribution in [0.1, 0.15) is 74.7 Å². The molecule has 3 aliphatic rings. The van der Waals surface area contributed by atoms with Crippen molar-refractivity contribution in [3.05, 3.63) is 25.3 Å².